The summed E-state index contributed by atoms with van der Waals surface area (Å²) in [7, 11) is 0. The van der Waals surface area contributed by atoms with Crippen LogP contribution in [0.4, 0.5) is 4.39 Å². The zero-order chi connectivity index (χ0) is 14.0. The minimum Gasteiger partial charge on any atom is -0.491 e. The highest BCUT2D eigenvalue weighted by molar-refractivity contribution is 5.79. The zero-order valence-corrected chi connectivity index (χ0v) is 11.2. The lowest BCUT2D eigenvalue weighted by Gasteiger charge is -2.10. The largest absolute Gasteiger partial charge is 0.491 e. The van der Waals surface area contributed by atoms with Gasteiger partial charge in [0.1, 0.15) is 5.60 Å². The molecule has 0 bridgehead atoms. The summed E-state index contributed by atoms with van der Waals surface area (Å²) in [6.45, 7) is 5.95. The van der Waals surface area contributed by atoms with Crippen LogP contribution in [-0.2, 0) is 19.9 Å². The summed E-state index contributed by atoms with van der Waals surface area (Å²) in [6, 6.07) is 4.58. The van der Waals surface area contributed by atoms with Crippen molar-refractivity contribution in [2.24, 2.45) is 0 Å². The van der Waals surface area contributed by atoms with Crippen molar-refractivity contribution in [1.82, 2.24) is 0 Å². The molecule has 0 N–H and O–H groups in total. The molecule has 1 aromatic rings. The molecule has 1 aromatic carbocycles. The third-order valence-corrected chi connectivity index (χ3v) is 3.11. The van der Waals surface area contributed by atoms with E-state index in [1.807, 2.05) is 0 Å². The summed E-state index contributed by atoms with van der Waals surface area (Å²) in [5, 5.41) is 0. The number of hydrogen-bond donors (Lipinski definition) is 0. The maximum absolute atomic E-state index is 13.8. The maximum Gasteiger partial charge on any atom is 0.338 e. The second kappa shape index (κ2) is 5.17. The topological polar surface area (TPSA) is 48.1 Å². The number of epoxide rings is 1. The van der Waals surface area contributed by atoms with E-state index in [1.165, 1.54) is 6.07 Å². The van der Waals surface area contributed by atoms with Crippen molar-refractivity contribution in [3.8, 4) is 5.75 Å². The Morgan fingerprint density at radius 2 is 2.16 bits per heavy atom. The van der Waals surface area contributed by atoms with Crippen molar-refractivity contribution in [2.75, 3.05) is 13.2 Å². The Morgan fingerprint density at radius 3 is 2.74 bits per heavy atom. The first kappa shape index (κ1) is 13.8. The van der Waals surface area contributed by atoms with Gasteiger partial charge >= 0.3 is 5.97 Å². The van der Waals surface area contributed by atoms with E-state index in [0.29, 0.717) is 18.8 Å². The first-order valence-electron chi connectivity index (χ1n) is 6.30. The Hall–Kier alpha value is -1.62. The predicted molar refractivity (Wildman–Crippen MR) is 66.4 cm³/mol. The van der Waals surface area contributed by atoms with Crippen molar-refractivity contribution < 1.29 is 23.4 Å². The van der Waals surface area contributed by atoms with E-state index in [-0.39, 0.29) is 5.75 Å². The molecule has 1 saturated heterocycles. The number of ether oxygens (including phenoxy) is 3. The number of hydrogen-bond acceptors (Lipinski definition) is 4. The molecular formula is C14H17FO4. The molecule has 1 fully saturated rings. The van der Waals surface area contributed by atoms with Gasteiger partial charge in [0.2, 0.25) is 0 Å². The minimum atomic E-state index is -0.808. The average Bonchev–Trinajstić information content (AvgIpc) is 3.06. The molecule has 0 saturated carbocycles. The molecule has 104 valence electrons. The second-order valence-corrected chi connectivity index (χ2v) is 4.44. The lowest BCUT2D eigenvalue weighted by Crippen LogP contribution is -2.19. The van der Waals surface area contributed by atoms with Gasteiger partial charge in [-0.05, 0) is 38.5 Å². The molecule has 0 amide bonds. The van der Waals surface area contributed by atoms with Gasteiger partial charge in [-0.1, -0.05) is 6.07 Å². The van der Waals surface area contributed by atoms with Crippen LogP contribution in [0.15, 0.2) is 18.2 Å². The smallest absolute Gasteiger partial charge is 0.338 e. The molecule has 0 aliphatic carbocycles. The second-order valence-electron chi connectivity index (χ2n) is 4.44. The number of rotatable bonds is 5. The van der Waals surface area contributed by atoms with E-state index in [1.54, 1.807) is 32.9 Å². The average molecular weight is 268 g/mol. The normalized spacial score (nSPS) is 24.9. The molecule has 2 rings (SSSR count). The van der Waals surface area contributed by atoms with Crippen LogP contribution < -0.4 is 4.74 Å². The Labute approximate surface area is 111 Å². The van der Waals surface area contributed by atoms with E-state index in [9.17, 15) is 9.18 Å². The Balaban J connectivity index is 2.15. The summed E-state index contributed by atoms with van der Waals surface area (Å²) in [4.78, 5) is 11.6. The van der Waals surface area contributed by atoms with Crippen LogP contribution in [0.1, 0.15) is 26.3 Å². The fourth-order valence-electron chi connectivity index (χ4n) is 2.00. The van der Waals surface area contributed by atoms with E-state index in [2.05, 4.69) is 0 Å². The minimum absolute atomic E-state index is 0.197. The first-order valence-corrected chi connectivity index (χ1v) is 6.30. The van der Waals surface area contributed by atoms with Gasteiger partial charge in [-0.2, -0.15) is 0 Å². The number of carbonyl (C=O) groups excluding carboxylic acids is 1. The predicted octanol–water partition coefficient (Wildman–Crippen LogP) is 2.40. The molecule has 2 unspecified atom stereocenters. The Morgan fingerprint density at radius 1 is 1.42 bits per heavy atom. The van der Waals surface area contributed by atoms with Crippen LogP contribution >= 0.6 is 0 Å². The fraction of sp³-hybridized carbons (Fsp3) is 0.500. The van der Waals surface area contributed by atoms with Gasteiger partial charge in [-0.3, -0.25) is 0 Å². The molecule has 1 heterocycles. The van der Waals surface area contributed by atoms with Crippen LogP contribution in [-0.4, -0.2) is 25.3 Å². The van der Waals surface area contributed by atoms with Crippen LogP contribution in [0.25, 0.3) is 0 Å². The highest BCUT2D eigenvalue weighted by Crippen LogP contribution is 2.47. The number of esters is 1. The van der Waals surface area contributed by atoms with Gasteiger partial charge in [0, 0.05) is 0 Å². The highest BCUT2D eigenvalue weighted by Gasteiger charge is 2.59. The molecule has 19 heavy (non-hydrogen) atoms. The zero-order valence-electron chi connectivity index (χ0n) is 11.2. The first-order chi connectivity index (χ1) is 9.02. The molecule has 0 aromatic heterocycles. The maximum atomic E-state index is 13.8. The third-order valence-electron chi connectivity index (χ3n) is 3.11. The van der Waals surface area contributed by atoms with Gasteiger partial charge in [-0.25, -0.2) is 9.18 Å². The van der Waals surface area contributed by atoms with Gasteiger partial charge in [0.15, 0.2) is 17.7 Å². The number of halogens is 1. The van der Waals surface area contributed by atoms with E-state index < -0.39 is 23.5 Å². The standard InChI is InChI=1S/C14H17FO4/c1-4-17-11-7-6-9(8-10(11)15)14(3)12(19-14)13(16)18-5-2/h6-8,12H,4-5H2,1-3H3. The number of carbonyl (C=O) groups is 1. The fourth-order valence-corrected chi connectivity index (χ4v) is 2.00. The monoisotopic (exact) mass is 268 g/mol. The van der Waals surface area contributed by atoms with Crippen LogP contribution in [0.5, 0.6) is 5.75 Å². The van der Waals surface area contributed by atoms with Crippen LogP contribution in [0.3, 0.4) is 0 Å². The van der Waals surface area contributed by atoms with Gasteiger partial charge in [0.05, 0.1) is 13.2 Å². The number of benzene rings is 1. The Kier molecular flexibility index (Phi) is 3.75. The third kappa shape index (κ3) is 2.56. The van der Waals surface area contributed by atoms with Crippen molar-refractivity contribution in [2.45, 2.75) is 32.5 Å². The SMILES string of the molecule is CCOC(=O)C1OC1(C)c1ccc(OCC)c(F)c1. The van der Waals surface area contributed by atoms with Crippen molar-refractivity contribution in [1.29, 1.82) is 0 Å². The summed E-state index contributed by atoms with van der Waals surface area (Å²) < 4.78 is 29.2. The molecular weight excluding hydrogens is 251 g/mol. The van der Waals surface area contributed by atoms with E-state index in [0.717, 1.165) is 0 Å². The van der Waals surface area contributed by atoms with Crippen LogP contribution in [0.2, 0.25) is 0 Å². The van der Waals surface area contributed by atoms with Gasteiger partial charge in [-0.15, -0.1) is 0 Å². The van der Waals surface area contributed by atoms with Crippen molar-refractivity contribution in [3.63, 3.8) is 0 Å². The highest BCUT2D eigenvalue weighted by atomic mass is 19.1. The molecule has 5 heteroatoms. The molecule has 4 nitrogen and oxygen atoms in total. The molecule has 0 radical (unpaired) electrons. The summed E-state index contributed by atoms with van der Waals surface area (Å²) in [5.74, 6) is -0.679. The van der Waals surface area contributed by atoms with E-state index >= 15 is 0 Å². The summed E-state index contributed by atoms with van der Waals surface area (Å²) in [6.07, 6.45) is -0.662. The van der Waals surface area contributed by atoms with Crippen molar-refractivity contribution >= 4 is 5.97 Å². The van der Waals surface area contributed by atoms with Crippen LogP contribution in [0, 0.1) is 5.82 Å². The quantitative estimate of drug-likeness (QED) is 0.607. The lowest BCUT2D eigenvalue weighted by atomic mass is 9.97. The van der Waals surface area contributed by atoms with Gasteiger partial charge in [0.25, 0.3) is 0 Å². The lowest BCUT2D eigenvalue weighted by molar-refractivity contribution is -0.144. The summed E-state index contributed by atoms with van der Waals surface area (Å²) in [5.41, 5.74) is -0.204. The molecule has 1 aliphatic rings. The van der Waals surface area contributed by atoms with Gasteiger partial charge < -0.3 is 14.2 Å². The van der Waals surface area contributed by atoms with E-state index in [4.69, 9.17) is 14.2 Å². The molecule has 2 atom stereocenters. The van der Waals surface area contributed by atoms with Crippen molar-refractivity contribution in [3.05, 3.63) is 29.6 Å². The molecule has 0 spiro atoms. The summed E-state index contributed by atoms with van der Waals surface area (Å²) >= 11 is 0. The Bertz CT molecular complexity index is 488. The molecule has 1 aliphatic heterocycles.